The van der Waals surface area contributed by atoms with Crippen LogP contribution in [-0.4, -0.2) is 12.6 Å². The number of anilines is 2. The average Bonchev–Trinajstić information content (AvgIpc) is 2.84. The van der Waals surface area contributed by atoms with Gasteiger partial charge in [0.05, 0.1) is 11.4 Å². The summed E-state index contributed by atoms with van der Waals surface area (Å²) in [5.41, 5.74) is 1.94. The Bertz CT molecular complexity index is 792. The molecule has 1 heterocycles. The van der Waals surface area contributed by atoms with Crippen LogP contribution in [0.3, 0.4) is 0 Å². The van der Waals surface area contributed by atoms with E-state index in [1.807, 2.05) is 41.3 Å². The van der Waals surface area contributed by atoms with E-state index in [4.69, 9.17) is 0 Å². The summed E-state index contributed by atoms with van der Waals surface area (Å²) in [4.78, 5) is 17.2. The zero-order chi connectivity index (χ0) is 23.1. The Morgan fingerprint density at radius 1 is 0.667 bits per heavy atom. The van der Waals surface area contributed by atoms with E-state index in [-0.39, 0.29) is 6.03 Å². The highest BCUT2D eigenvalue weighted by atomic mass is 32.2. The molecule has 33 heavy (non-hydrogen) atoms. The van der Waals surface area contributed by atoms with Gasteiger partial charge in [-0.2, -0.15) is 0 Å². The van der Waals surface area contributed by atoms with Crippen LogP contribution in [0.4, 0.5) is 16.2 Å². The van der Waals surface area contributed by atoms with Crippen molar-refractivity contribution in [3.8, 4) is 0 Å². The van der Waals surface area contributed by atoms with Gasteiger partial charge in [0.2, 0.25) is 0 Å². The van der Waals surface area contributed by atoms with E-state index in [2.05, 4.69) is 24.4 Å². The number of hydrogen-bond acceptors (Lipinski definition) is 2. The Balaban J connectivity index is 1.26. The van der Waals surface area contributed by atoms with Crippen molar-refractivity contribution in [2.24, 2.45) is 0 Å². The topological polar surface area (TPSA) is 32.3 Å². The summed E-state index contributed by atoms with van der Waals surface area (Å²) >= 11 is 1.73. The third kappa shape index (κ3) is 8.41. The lowest BCUT2D eigenvalue weighted by atomic mass is 10.0. The average molecular weight is 467 g/mol. The van der Waals surface area contributed by atoms with Crippen LogP contribution in [0.1, 0.15) is 96.8 Å². The van der Waals surface area contributed by atoms with E-state index in [0.717, 1.165) is 34.1 Å². The van der Waals surface area contributed by atoms with E-state index in [1.54, 1.807) is 11.8 Å². The molecule has 0 aliphatic carbocycles. The summed E-state index contributed by atoms with van der Waals surface area (Å²) < 4.78 is 0. The van der Waals surface area contributed by atoms with Crippen molar-refractivity contribution < 1.29 is 4.79 Å². The lowest BCUT2D eigenvalue weighted by Crippen LogP contribution is -2.38. The van der Waals surface area contributed by atoms with Gasteiger partial charge in [0, 0.05) is 16.3 Å². The fraction of sp³-hybridized carbons (Fsp3) is 0.552. The first kappa shape index (κ1) is 25.7. The number of unbranched alkanes of at least 4 members (excludes halogenated alkanes) is 13. The van der Waals surface area contributed by atoms with Crippen LogP contribution in [0.25, 0.3) is 0 Å². The predicted octanol–water partition coefficient (Wildman–Crippen LogP) is 9.48. The predicted molar refractivity (Wildman–Crippen MR) is 143 cm³/mol. The first-order valence-electron chi connectivity index (χ1n) is 13.2. The zero-order valence-corrected chi connectivity index (χ0v) is 21.3. The quantitative estimate of drug-likeness (QED) is 0.265. The standard InChI is InChI=1S/C29H42N2OS/c1-2-3-4-5-6-7-8-9-10-11-12-13-14-19-24-30-29(32)31-25-20-15-17-22-27(25)33-28-23-18-16-21-26(28)31/h15-18,20-23H,2-14,19,24H2,1H3,(H,30,32). The molecule has 0 radical (unpaired) electrons. The molecular weight excluding hydrogens is 424 g/mol. The van der Waals surface area contributed by atoms with Crippen molar-refractivity contribution in [3.63, 3.8) is 0 Å². The number of fused-ring (bicyclic) bond motifs is 2. The van der Waals surface area contributed by atoms with Gasteiger partial charge in [0.1, 0.15) is 0 Å². The van der Waals surface area contributed by atoms with Crippen molar-refractivity contribution in [2.75, 3.05) is 11.4 Å². The van der Waals surface area contributed by atoms with Gasteiger partial charge >= 0.3 is 6.03 Å². The van der Waals surface area contributed by atoms with Crippen LogP contribution in [-0.2, 0) is 0 Å². The highest BCUT2D eigenvalue weighted by Crippen LogP contribution is 2.47. The molecule has 2 aromatic rings. The van der Waals surface area contributed by atoms with Crippen molar-refractivity contribution in [2.45, 2.75) is 107 Å². The highest BCUT2D eigenvalue weighted by molar-refractivity contribution is 7.99. The molecule has 0 aromatic heterocycles. The van der Waals surface area contributed by atoms with E-state index in [0.29, 0.717) is 0 Å². The molecule has 1 aliphatic heterocycles. The molecule has 1 N–H and O–H groups in total. The van der Waals surface area contributed by atoms with Gasteiger partial charge < -0.3 is 5.32 Å². The van der Waals surface area contributed by atoms with Crippen LogP contribution in [0.5, 0.6) is 0 Å². The molecule has 3 nitrogen and oxygen atoms in total. The van der Waals surface area contributed by atoms with Crippen molar-refractivity contribution in [1.29, 1.82) is 0 Å². The SMILES string of the molecule is CCCCCCCCCCCCCCCCNC(=O)N1c2ccccc2Sc2ccccc21. The molecule has 0 saturated heterocycles. The smallest absolute Gasteiger partial charge is 0.326 e. The number of hydrogen-bond donors (Lipinski definition) is 1. The molecule has 4 heteroatoms. The first-order chi connectivity index (χ1) is 16.3. The summed E-state index contributed by atoms with van der Waals surface area (Å²) in [5, 5.41) is 3.16. The van der Waals surface area contributed by atoms with Gasteiger partial charge in [0.15, 0.2) is 0 Å². The molecule has 3 rings (SSSR count). The number of para-hydroxylation sites is 2. The molecule has 0 bridgehead atoms. The molecule has 1 aliphatic rings. The summed E-state index contributed by atoms with van der Waals surface area (Å²) in [7, 11) is 0. The van der Waals surface area contributed by atoms with Gasteiger partial charge in [-0.05, 0) is 30.7 Å². The third-order valence-corrected chi connectivity index (χ3v) is 7.57. The first-order valence-corrected chi connectivity index (χ1v) is 14.1. The van der Waals surface area contributed by atoms with Gasteiger partial charge in [-0.15, -0.1) is 0 Å². The maximum absolute atomic E-state index is 13.1. The summed E-state index contributed by atoms with van der Waals surface area (Å²) in [6.45, 7) is 3.02. The van der Waals surface area contributed by atoms with Crippen LogP contribution in [0, 0.1) is 0 Å². The molecule has 0 atom stereocenters. The minimum absolute atomic E-state index is 0.0232. The fourth-order valence-corrected chi connectivity index (χ4v) is 5.58. The molecule has 180 valence electrons. The van der Waals surface area contributed by atoms with Crippen LogP contribution < -0.4 is 10.2 Å². The lowest BCUT2D eigenvalue weighted by Gasteiger charge is -2.31. The van der Waals surface area contributed by atoms with Gasteiger partial charge in [-0.25, -0.2) is 4.79 Å². The second-order valence-corrected chi connectivity index (χ2v) is 10.3. The Morgan fingerprint density at radius 2 is 1.09 bits per heavy atom. The molecule has 0 spiro atoms. The van der Waals surface area contributed by atoms with E-state index >= 15 is 0 Å². The Morgan fingerprint density at radius 3 is 1.58 bits per heavy atom. The number of carbonyl (C=O) groups is 1. The lowest BCUT2D eigenvalue weighted by molar-refractivity contribution is 0.248. The second kappa shape index (κ2) is 15.1. The number of amides is 2. The number of urea groups is 1. The fourth-order valence-electron chi connectivity index (χ4n) is 4.52. The van der Waals surface area contributed by atoms with Gasteiger partial charge in [0.25, 0.3) is 0 Å². The summed E-state index contributed by atoms with van der Waals surface area (Å²) in [5.74, 6) is 0. The Kier molecular flexibility index (Phi) is 11.7. The number of nitrogens with one attached hydrogen (secondary N) is 1. The number of rotatable bonds is 15. The number of nitrogens with zero attached hydrogens (tertiary/aromatic N) is 1. The number of carbonyl (C=O) groups excluding carboxylic acids is 1. The largest absolute Gasteiger partial charge is 0.337 e. The van der Waals surface area contributed by atoms with E-state index in [1.165, 1.54) is 83.5 Å². The van der Waals surface area contributed by atoms with E-state index < -0.39 is 0 Å². The summed E-state index contributed by atoms with van der Waals surface area (Å²) in [6.07, 6.45) is 18.9. The second-order valence-electron chi connectivity index (χ2n) is 9.20. The minimum Gasteiger partial charge on any atom is -0.337 e. The highest BCUT2D eigenvalue weighted by Gasteiger charge is 2.27. The minimum atomic E-state index is -0.0232. The maximum Gasteiger partial charge on any atom is 0.326 e. The Labute approximate surface area is 205 Å². The normalized spacial score (nSPS) is 12.3. The molecule has 2 aromatic carbocycles. The molecule has 0 unspecified atom stereocenters. The van der Waals surface area contributed by atoms with E-state index in [9.17, 15) is 4.79 Å². The van der Waals surface area contributed by atoms with Crippen LogP contribution >= 0.6 is 11.8 Å². The zero-order valence-electron chi connectivity index (χ0n) is 20.5. The van der Waals surface area contributed by atoms with Gasteiger partial charge in [-0.1, -0.05) is 126 Å². The number of benzene rings is 2. The van der Waals surface area contributed by atoms with Crippen molar-refractivity contribution >= 4 is 29.2 Å². The molecule has 0 fully saturated rings. The van der Waals surface area contributed by atoms with Crippen LogP contribution in [0.2, 0.25) is 0 Å². The van der Waals surface area contributed by atoms with Crippen LogP contribution in [0.15, 0.2) is 58.3 Å². The monoisotopic (exact) mass is 466 g/mol. The van der Waals surface area contributed by atoms with Crippen molar-refractivity contribution in [1.82, 2.24) is 5.32 Å². The van der Waals surface area contributed by atoms with Gasteiger partial charge in [-0.3, -0.25) is 4.90 Å². The summed E-state index contributed by atoms with van der Waals surface area (Å²) in [6, 6.07) is 16.3. The Hall–Kier alpha value is -1.94. The molecule has 0 saturated carbocycles. The molecular formula is C29H42N2OS. The maximum atomic E-state index is 13.1. The van der Waals surface area contributed by atoms with Crippen molar-refractivity contribution in [3.05, 3.63) is 48.5 Å². The third-order valence-electron chi connectivity index (χ3n) is 6.44. The molecule has 2 amide bonds.